The number of nitrogens with one attached hydrogen (secondary N) is 2. The van der Waals surface area contributed by atoms with Gasteiger partial charge in [-0.3, -0.25) is 14.7 Å². The number of benzene rings is 2. The SMILES string of the molecule is COc1ccc(C(CC(=O)NCc2nc(N)n[nH]2)c2c(O)cc3c(c2O)C(=O)O[C@@H](C)CCCC(=O)CCCC=C3)cc1. The minimum Gasteiger partial charge on any atom is -0.507 e. The molecule has 1 amide bonds. The van der Waals surface area contributed by atoms with Crippen molar-refractivity contribution < 1.29 is 34.1 Å². The van der Waals surface area contributed by atoms with E-state index in [-0.39, 0.29) is 47.1 Å². The van der Waals surface area contributed by atoms with E-state index >= 15 is 0 Å². The fraction of sp³-hybridized carbons (Fsp3) is 0.387. The van der Waals surface area contributed by atoms with Crippen molar-refractivity contribution >= 4 is 29.7 Å². The number of aromatic hydroxyl groups is 2. The molecule has 3 aromatic rings. The number of hydrogen-bond acceptors (Lipinski definition) is 10. The van der Waals surface area contributed by atoms with Crippen molar-refractivity contribution in [2.24, 2.45) is 0 Å². The van der Waals surface area contributed by atoms with Crippen LogP contribution in [0.1, 0.15) is 90.7 Å². The van der Waals surface area contributed by atoms with E-state index in [0.29, 0.717) is 55.7 Å². The lowest BCUT2D eigenvalue weighted by Crippen LogP contribution is -2.26. The van der Waals surface area contributed by atoms with Crippen LogP contribution < -0.4 is 15.8 Å². The average Bonchev–Trinajstić information content (AvgIpc) is 3.39. The van der Waals surface area contributed by atoms with Gasteiger partial charge in [-0.25, -0.2) is 4.79 Å². The molecular formula is C31H37N5O7. The molecule has 0 saturated carbocycles. The first-order valence-corrected chi connectivity index (χ1v) is 14.2. The summed E-state index contributed by atoms with van der Waals surface area (Å²) in [7, 11) is 1.53. The number of cyclic esters (lactones) is 1. The van der Waals surface area contributed by atoms with E-state index in [0.717, 1.165) is 0 Å². The quantitative estimate of drug-likeness (QED) is 0.250. The normalized spacial score (nSPS) is 16.9. The third kappa shape index (κ3) is 8.12. The van der Waals surface area contributed by atoms with Gasteiger partial charge in [0.2, 0.25) is 11.9 Å². The lowest BCUT2D eigenvalue weighted by atomic mass is 9.84. The fourth-order valence-corrected chi connectivity index (χ4v) is 5.07. The van der Waals surface area contributed by atoms with E-state index < -0.39 is 29.6 Å². The van der Waals surface area contributed by atoms with Gasteiger partial charge in [0.25, 0.3) is 0 Å². The Labute approximate surface area is 249 Å². The molecule has 0 saturated heterocycles. The molecule has 12 heteroatoms. The van der Waals surface area contributed by atoms with E-state index in [1.807, 2.05) is 0 Å². The van der Waals surface area contributed by atoms with Gasteiger partial charge in [-0.05, 0) is 61.9 Å². The van der Waals surface area contributed by atoms with E-state index in [1.165, 1.54) is 13.2 Å². The number of carbonyl (C=O) groups is 3. The van der Waals surface area contributed by atoms with Crippen molar-refractivity contribution in [3.05, 3.63) is 64.5 Å². The first-order valence-electron chi connectivity index (χ1n) is 14.2. The number of ether oxygens (including phenoxy) is 2. The fourth-order valence-electron chi connectivity index (χ4n) is 5.07. The van der Waals surface area contributed by atoms with Gasteiger partial charge in [-0.1, -0.05) is 24.3 Å². The maximum absolute atomic E-state index is 13.5. The highest BCUT2D eigenvalue weighted by atomic mass is 16.5. The van der Waals surface area contributed by atoms with Gasteiger partial charge in [0.15, 0.2) is 0 Å². The second-order valence-corrected chi connectivity index (χ2v) is 10.5. The molecule has 1 aliphatic rings. The Bertz CT molecular complexity index is 1480. The number of ketones is 1. The number of nitrogen functional groups attached to an aromatic ring is 1. The number of methoxy groups -OCH3 is 1. The second kappa shape index (κ2) is 14.3. The molecule has 228 valence electrons. The Morgan fingerprint density at radius 2 is 1.95 bits per heavy atom. The van der Waals surface area contributed by atoms with Gasteiger partial charge in [0.1, 0.15) is 34.4 Å². The predicted molar refractivity (Wildman–Crippen MR) is 158 cm³/mol. The number of rotatable bonds is 7. The van der Waals surface area contributed by atoms with Crippen LogP contribution in [0.2, 0.25) is 0 Å². The molecule has 4 rings (SSSR count). The third-order valence-electron chi connectivity index (χ3n) is 7.31. The van der Waals surface area contributed by atoms with Crippen LogP contribution in [0.3, 0.4) is 0 Å². The Morgan fingerprint density at radius 1 is 1.21 bits per heavy atom. The molecule has 0 bridgehead atoms. The standard InChI is InChI=1S/C31H37N5O7/c1-18-7-6-10-21(37)9-5-3-4-8-20-15-24(38)28(29(40)27(20)30(41)43-18)23(19-11-13-22(42-2)14-12-19)16-26(39)33-17-25-34-31(32)36-35-25/h4,8,11-15,18,23,38,40H,3,5-7,9-10,16-17H2,1-2H3,(H,33,39)(H3,32,34,35,36)/t18-,23?/m0/s1. The zero-order chi connectivity index (χ0) is 30.9. The highest BCUT2D eigenvalue weighted by molar-refractivity contribution is 5.98. The molecule has 12 nitrogen and oxygen atoms in total. The summed E-state index contributed by atoms with van der Waals surface area (Å²) in [5, 5.41) is 32.0. The summed E-state index contributed by atoms with van der Waals surface area (Å²) >= 11 is 0. The first kappa shape index (κ1) is 31.1. The van der Waals surface area contributed by atoms with Gasteiger partial charge in [-0.15, -0.1) is 5.10 Å². The van der Waals surface area contributed by atoms with Gasteiger partial charge >= 0.3 is 5.97 Å². The summed E-state index contributed by atoms with van der Waals surface area (Å²) in [4.78, 5) is 42.7. The van der Waals surface area contributed by atoms with Crippen LogP contribution in [0, 0.1) is 0 Å². The molecule has 0 radical (unpaired) electrons. The second-order valence-electron chi connectivity index (χ2n) is 10.5. The monoisotopic (exact) mass is 591 g/mol. The maximum atomic E-state index is 13.5. The molecule has 0 aliphatic carbocycles. The number of amides is 1. The Hall–Kier alpha value is -4.87. The number of allylic oxidation sites excluding steroid dienone is 1. The molecule has 0 fully saturated rings. The number of phenols is 2. The lowest BCUT2D eigenvalue weighted by molar-refractivity contribution is -0.121. The summed E-state index contributed by atoms with van der Waals surface area (Å²) in [6, 6.07) is 8.24. The van der Waals surface area contributed by atoms with Gasteiger partial charge in [0.05, 0.1) is 19.8 Å². The molecular weight excluding hydrogens is 554 g/mol. The molecule has 0 spiro atoms. The van der Waals surface area contributed by atoms with Crippen LogP contribution in [0.4, 0.5) is 5.95 Å². The van der Waals surface area contributed by atoms with Crippen molar-refractivity contribution in [2.45, 2.75) is 70.4 Å². The number of hydrogen-bond donors (Lipinski definition) is 5. The van der Waals surface area contributed by atoms with Crippen molar-refractivity contribution in [2.75, 3.05) is 12.8 Å². The summed E-state index contributed by atoms with van der Waals surface area (Å²) in [5.74, 6) is -1.66. The van der Waals surface area contributed by atoms with Crippen LogP contribution in [0.15, 0.2) is 36.4 Å². The molecule has 2 atom stereocenters. The first-order chi connectivity index (χ1) is 20.7. The van der Waals surface area contributed by atoms with Gasteiger partial charge < -0.3 is 30.7 Å². The number of fused-ring (bicyclic) bond motifs is 1. The number of nitrogens with zero attached hydrogens (tertiary/aromatic N) is 2. The lowest BCUT2D eigenvalue weighted by Gasteiger charge is -2.23. The van der Waals surface area contributed by atoms with E-state index in [1.54, 1.807) is 43.3 Å². The molecule has 1 unspecified atom stereocenters. The largest absolute Gasteiger partial charge is 0.507 e. The Kier molecular flexibility index (Phi) is 10.4. The number of nitrogens with two attached hydrogens (primary N) is 1. The third-order valence-corrected chi connectivity index (χ3v) is 7.31. The minimum absolute atomic E-state index is 0.00712. The molecule has 2 heterocycles. The van der Waals surface area contributed by atoms with E-state index in [2.05, 4.69) is 20.5 Å². The van der Waals surface area contributed by atoms with Crippen molar-refractivity contribution in [3.63, 3.8) is 0 Å². The molecule has 1 aromatic heterocycles. The number of aromatic amines is 1. The van der Waals surface area contributed by atoms with E-state index in [4.69, 9.17) is 15.2 Å². The topological polar surface area (TPSA) is 190 Å². The van der Waals surface area contributed by atoms with Gasteiger partial charge in [-0.2, -0.15) is 4.98 Å². The maximum Gasteiger partial charge on any atom is 0.342 e. The predicted octanol–water partition coefficient (Wildman–Crippen LogP) is 4.13. The van der Waals surface area contributed by atoms with Crippen LogP contribution in [0.25, 0.3) is 6.08 Å². The number of carbonyl (C=O) groups excluding carboxylic acids is 3. The smallest absolute Gasteiger partial charge is 0.342 e. The number of esters is 1. The highest BCUT2D eigenvalue weighted by Crippen LogP contribution is 2.44. The summed E-state index contributed by atoms with van der Waals surface area (Å²) in [5.41, 5.74) is 6.29. The van der Waals surface area contributed by atoms with Gasteiger partial charge in [0, 0.05) is 30.7 Å². The molecule has 6 N–H and O–H groups in total. The average molecular weight is 592 g/mol. The van der Waals surface area contributed by atoms with Crippen LogP contribution in [-0.2, 0) is 20.9 Å². The highest BCUT2D eigenvalue weighted by Gasteiger charge is 2.31. The van der Waals surface area contributed by atoms with Crippen molar-refractivity contribution in [3.8, 4) is 17.2 Å². The van der Waals surface area contributed by atoms with Crippen molar-refractivity contribution in [1.29, 1.82) is 0 Å². The number of Topliss-reactive ketones (excluding diaryl/α,β-unsaturated/α-hetero) is 1. The number of anilines is 1. The number of aromatic nitrogens is 3. The zero-order valence-corrected chi connectivity index (χ0v) is 24.3. The van der Waals surface area contributed by atoms with Crippen molar-refractivity contribution in [1.82, 2.24) is 20.5 Å². The summed E-state index contributed by atoms with van der Waals surface area (Å²) in [6.45, 7) is 1.76. The Balaban J connectivity index is 1.74. The molecule has 1 aliphatic heterocycles. The van der Waals surface area contributed by atoms with Crippen LogP contribution in [0.5, 0.6) is 17.2 Å². The molecule has 2 aromatic carbocycles. The minimum atomic E-state index is -0.857. The van der Waals surface area contributed by atoms with Crippen LogP contribution >= 0.6 is 0 Å². The zero-order valence-electron chi connectivity index (χ0n) is 24.3. The summed E-state index contributed by atoms with van der Waals surface area (Å²) in [6.07, 6.45) is 5.88. The van der Waals surface area contributed by atoms with Crippen LogP contribution in [-0.4, -0.2) is 56.3 Å². The van der Waals surface area contributed by atoms with E-state index in [9.17, 15) is 24.6 Å². The number of phenolic OH excluding ortho intramolecular Hbond substituents is 2. The Morgan fingerprint density at radius 3 is 2.65 bits per heavy atom. The molecule has 43 heavy (non-hydrogen) atoms. The summed E-state index contributed by atoms with van der Waals surface area (Å²) < 4.78 is 10.9. The number of H-pyrrole nitrogens is 1.